The Morgan fingerprint density at radius 2 is 1.71 bits per heavy atom. The number of carbonyl (C=O) groups excluding carboxylic acids is 1. The van der Waals surface area contributed by atoms with Gasteiger partial charge in [-0.2, -0.15) is 11.8 Å². The summed E-state index contributed by atoms with van der Waals surface area (Å²) in [6.45, 7) is 9.63. The number of likely N-dealkylation sites (N-methyl/N-ethyl adjacent to an activating group) is 1. The molecule has 0 saturated heterocycles. The van der Waals surface area contributed by atoms with Crippen LogP contribution in [0.2, 0.25) is 0 Å². The van der Waals surface area contributed by atoms with Crippen molar-refractivity contribution in [1.82, 2.24) is 5.32 Å². The topological polar surface area (TPSA) is 29.1 Å². The van der Waals surface area contributed by atoms with E-state index >= 15 is 0 Å². The molecule has 0 saturated carbocycles. The molecule has 0 unspecified atom stereocenters. The third-order valence-corrected chi connectivity index (χ3v) is 2.09. The molecule has 1 N–H and O–H groups in total. The van der Waals surface area contributed by atoms with Gasteiger partial charge >= 0.3 is 0 Å². The number of rotatable bonds is 5. The molecule has 0 heterocycles. The first-order chi connectivity index (χ1) is 6.72. The summed E-state index contributed by atoms with van der Waals surface area (Å²) in [5.41, 5.74) is 0. The lowest BCUT2D eigenvalue weighted by Gasteiger charge is -2.10. The highest BCUT2D eigenvalue weighted by Crippen LogP contribution is 2.00. The summed E-state index contributed by atoms with van der Waals surface area (Å²) in [6, 6.07) is 0.0625. The number of thioether (sulfide) groups is 1. The van der Waals surface area contributed by atoms with E-state index in [0.717, 1.165) is 12.2 Å². The number of ketones is 1. The standard InChI is InChI=1S/C7H15NOS.2C2H6/c1-6(9)7(8-2)4-5-10-3;2*1-2/h7-8H,4-5H2,1-3H3;2*1-2H3/t7-;;/m0../s1. The van der Waals surface area contributed by atoms with Gasteiger partial charge in [-0.05, 0) is 32.4 Å². The molecule has 3 heteroatoms. The molecule has 0 aliphatic rings. The summed E-state index contributed by atoms with van der Waals surface area (Å²) in [5, 5.41) is 2.97. The first kappa shape index (κ1) is 19.5. The molecule has 1 atom stereocenters. The summed E-state index contributed by atoms with van der Waals surface area (Å²) < 4.78 is 0. The quantitative estimate of drug-likeness (QED) is 0.774. The third-order valence-electron chi connectivity index (χ3n) is 1.45. The molecule has 0 bridgehead atoms. The van der Waals surface area contributed by atoms with Crippen molar-refractivity contribution >= 4 is 17.5 Å². The van der Waals surface area contributed by atoms with Crippen LogP contribution in [0.15, 0.2) is 0 Å². The second-order valence-corrected chi connectivity index (χ2v) is 3.22. The zero-order chi connectivity index (χ0) is 12.0. The Bertz CT molecular complexity index is 107. The minimum absolute atomic E-state index is 0.0625. The highest BCUT2D eigenvalue weighted by Gasteiger charge is 2.09. The van der Waals surface area contributed by atoms with Crippen molar-refractivity contribution in [3.05, 3.63) is 0 Å². The molecule has 0 aromatic rings. The molecule has 0 fully saturated rings. The van der Waals surface area contributed by atoms with Crippen molar-refractivity contribution in [1.29, 1.82) is 0 Å². The molecular weight excluding hydrogens is 194 g/mol. The van der Waals surface area contributed by atoms with Crippen LogP contribution in [0.1, 0.15) is 41.0 Å². The average molecular weight is 221 g/mol. The number of carbonyl (C=O) groups is 1. The summed E-state index contributed by atoms with van der Waals surface area (Å²) in [7, 11) is 1.83. The maximum atomic E-state index is 10.8. The Morgan fingerprint density at radius 3 is 1.93 bits per heavy atom. The van der Waals surface area contributed by atoms with Gasteiger partial charge in [0.25, 0.3) is 0 Å². The van der Waals surface area contributed by atoms with Crippen molar-refractivity contribution < 1.29 is 4.79 Å². The van der Waals surface area contributed by atoms with Gasteiger partial charge in [0.05, 0.1) is 6.04 Å². The van der Waals surface area contributed by atoms with E-state index in [2.05, 4.69) is 5.32 Å². The first-order valence-electron chi connectivity index (χ1n) is 5.39. The first-order valence-corrected chi connectivity index (χ1v) is 6.78. The van der Waals surface area contributed by atoms with Crippen LogP contribution >= 0.6 is 11.8 Å². The summed E-state index contributed by atoms with van der Waals surface area (Å²) in [4.78, 5) is 10.8. The van der Waals surface area contributed by atoms with Gasteiger partial charge in [-0.3, -0.25) is 4.79 Å². The van der Waals surface area contributed by atoms with E-state index in [0.29, 0.717) is 0 Å². The van der Waals surface area contributed by atoms with Crippen LogP contribution in [0.25, 0.3) is 0 Å². The molecule has 0 radical (unpaired) electrons. The lowest BCUT2D eigenvalue weighted by atomic mass is 10.1. The van der Waals surface area contributed by atoms with Crippen molar-refractivity contribution in [3.8, 4) is 0 Å². The molecule has 0 aromatic heterocycles. The molecule has 0 amide bonds. The van der Waals surface area contributed by atoms with Crippen LogP contribution in [0.4, 0.5) is 0 Å². The Kier molecular flexibility index (Phi) is 26.1. The van der Waals surface area contributed by atoms with E-state index in [1.54, 1.807) is 18.7 Å². The lowest BCUT2D eigenvalue weighted by molar-refractivity contribution is -0.118. The molecule has 2 nitrogen and oxygen atoms in total. The third kappa shape index (κ3) is 14.5. The normalized spacial score (nSPS) is 10.2. The average Bonchev–Trinajstić information content (AvgIpc) is 2.24. The molecule has 14 heavy (non-hydrogen) atoms. The SMILES string of the molecule is CC.CC.CN[C@@H](CCSC)C(C)=O. The van der Waals surface area contributed by atoms with E-state index in [4.69, 9.17) is 0 Å². The molecule has 0 aromatic carbocycles. The molecular formula is C11H27NOS. The van der Waals surface area contributed by atoms with E-state index in [9.17, 15) is 4.79 Å². The van der Waals surface area contributed by atoms with Gasteiger partial charge in [0.2, 0.25) is 0 Å². The summed E-state index contributed by atoms with van der Waals surface area (Å²) in [6.07, 6.45) is 2.99. The zero-order valence-corrected chi connectivity index (χ0v) is 11.6. The fourth-order valence-corrected chi connectivity index (χ4v) is 1.26. The monoisotopic (exact) mass is 221 g/mol. The fourth-order valence-electron chi connectivity index (χ4n) is 0.787. The Morgan fingerprint density at radius 1 is 1.29 bits per heavy atom. The predicted molar refractivity (Wildman–Crippen MR) is 69.2 cm³/mol. The Balaban J connectivity index is -0.000000266. The number of nitrogens with one attached hydrogen (secondary N) is 1. The molecule has 0 spiro atoms. The van der Waals surface area contributed by atoms with E-state index in [1.807, 2.05) is 41.0 Å². The van der Waals surface area contributed by atoms with Gasteiger partial charge in [0, 0.05) is 0 Å². The Labute approximate surface area is 94.2 Å². The zero-order valence-electron chi connectivity index (χ0n) is 10.8. The van der Waals surface area contributed by atoms with Gasteiger partial charge in [0.15, 0.2) is 0 Å². The largest absolute Gasteiger partial charge is 0.311 e. The van der Waals surface area contributed by atoms with Gasteiger partial charge in [-0.15, -0.1) is 0 Å². The van der Waals surface area contributed by atoms with Gasteiger partial charge in [0.1, 0.15) is 5.78 Å². The highest BCUT2D eigenvalue weighted by atomic mass is 32.2. The van der Waals surface area contributed by atoms with Crippen LogP contribution in [-0.2, 0) is 4.79 Å². The van der Waals surface area contributed by atoms with Gasteiger partial charge in [-0.1, -0.05) is 27.7 Å². The Hall–Kier alpha value is -0.0200. The van der Waals surface area contributed by atoms with Crippen molar-refractivity contribution in [2.24, 2.45) is 0 Å². The smallest absolute Gasteiger partial charge is 0.146 e. The fraction of sp³-hybridized carbons (Fsp3) is 0.909. The molecule has 0 rings (SSSR count). The van der Waals surface area contributed by atoms with Crippen LogP contribution in [0.3, 0.4) is 0 Å². The second kappa shape index (κ2) is 18.7. The minimum atomic E-state index is 0.0625. The van der Waals surface area contributed by atoms with Crippen LogP contribution < -0.4 is 5.32 Å². The van der Waals surface area contributed by atoms with Crippen LogP contribution in [0, 0.1) is 0 Å². The number of hydrogen-bond donors (Lipinski definition) is 1. The highest BCUT2D eigenvalue weighted by molar-refractivity contribution is 7.98. The molecule has 88 valence electrons. The van der Waals surface area contributed by atoms with Gasteiger partial charge in [-0.25, -0.2) is 0 Å². The maximum absolute atomic E-state index is 10.8. The van der Waals surface area contributed by atoms with E-state index in [-0.39, 0.29) is 11.8 Å². The molecule has 0 aliphatic carbocycles. The molecule has 0 aliphatic heterocycles. The van der Waals surface area contributed by atoms with Crippen LogP contribution in [0.5, 0.6) is 0 Å². The lowest BCUT2D eigenvalue weighted by Crippen LogP contribution is -2.32. The number of hydrogen-bond acceptors (Lipinski definition) is 3. The summed E-state index contributed by atoms with van der Waals surface area (Å²) >= 11 is 1.77. The minimum Gasteiger partial charge on any atom is -0.311 e. The number of Topliss-reactive ketones (excluding diaryl/α,β-unsaturated/α-hetero) is 1. The van der Waals surface area contributed by atoms with Crippen molar-refractivity contribution in [2.45, 2.75) is 47.1 Å². The summed E-state index contributed by atoms with van der Waals surface area (Å²) in [5.74, 6) is 1.28. The maximum Gasteiger partial charge on any atom is 0.146 e. The second-order valence-electron chi connectivity index (χ2n) is 2.23. The van der Waals surface area contributed by atoms with Crippen LogP contribution in [-0.4, -0.2) is 30.9 Å². The predicted octanol–water partition coefficient (Wildman–Crippen LogP) is 2.97. The van der Waals surface area contributed by atoms with Gasteiger partial charge < -0.3 is 5.32 Å². The van der Waals surface area contributed by atoms with Crippen molar-refractivity contribution in [2.75, 3.05) is 19.1 Å². The van der Waals surface area contributed by atoms with Crippen molar-refractivity contribution in [3.63, 3.8) is 0 Å². The van der Waals surface area contributed by atoms with E-state index < -0.39 is 0 Å². The van der Waals surface area contributed by atoms with E-state index in [1.165, 1.54) is 0 Å².